The number of carbonyl (C=O) groups is 2. The summed E-state index contributed by atoms with van der Waals surface area (Å²) >= 11 is 12.5. The molecule has 0 saturated carbocycles. The van der Waals surface area contributed by atoms with Gasteiger partial charge in [-0.1, -0.05) is 47.5 Å². The molecular formula is C28H24Cl2FN3O2. The minimum absolute atomic E-state index is 0.144. The molecule has 0 aromatic heterocycles. The molecule has 1 aliphatic rings. The van der Waals surface area contributed by atoms with Crippen molar-refractivity contribution in [3.05, 3.63) is 98.8 Å². The minimum atomic E-state index is -0.571. The van der Waals surface area contributed by atoms with Crippen LogP contribution in [0.15, 0.2) is 60.7 Å². The van der Waals surface area contributed by atoms with E-state index in [4.69, 9.17) is 23.2 Å². The first-order valence-electron chi connectivity index (χ1n) is 11.6. The Morgan fingerprint density at radius 3 is 2.42 bits per heavy atom. The molecule has 3 aromatic rings. The van der Waals surface area contributed by atoms with Gasteiger partial charge in [-0.2, -0.15) is 5.26 Å². The SMILES string of the molecule is Cc1cc(C(C#N)c2ccc(Cl)cc2)c(Cl)cc1NC(=O)C1CCN(C(=O)c2cccc(F)c2)CC1. The first kappa shape index (κ1) is 25.7. The zero-order valence-electron chi connectivity index (χ0n) is 19.6. The molecule has 1 fully saturated rings. The van der Waals surface area contributed by atoms with E-state index in [9.17, 15) is 19.2 Å². The highest BCUT2D eigenvalue weighted by atomic mass is 35.5. The van der Waals surface area contributed by atoms with Crippen molar-refractivity contribution in [3.63, 3.8) is 0 Å². The van der Waals surface area contributed by atoms with Gasteiger partial charge in [-0.25, -0.2) is 4.39 Å². The van der Waals surface area contributed by atoms with E-state index in [0.29, 0.717) is 52.8 Å². The van der Waals surface area contributed by atoms with Crippen LogP contribution >= 0.6 is 23.2 Å². The van der Waals surface area contributed by atoms with Gasteiger partial charge in [0.15, 0.2) is 0 Å². The summed E-state index contributed by atoms with van der Waals surface area (Å²) in [6.45, 7) is 2.68. The molecule has 1 heterocycles. The summed E-state index contributed by atoms with van der Waals surface area (Å²) in [5.41, 5.74) is 3.11. The maximum absolute atomic E-state index is 13.5. The van der Waals surface area contributed by atoms with Crippen LogP contribution < -0.4 is 5.32 Å². The van der Waals surface area contributed by atoms with Crippen LogP contribution in [0.2, 0.25) is 10.0 Å². The van der Waals surface area contributed by atoms with Crippen molar-refractivity contribution in [3.8, 4) is 6.07 Å². The normalized spacial score (nSPS) is 14.7. The lowest BCUT2D eigenvalue weighted by molar-refractivity contribution is -0.121. The topological polar surface area (TPSA) is 73.2 Å². The lowest BCUT2D eigenvalue weighted by Gasteiger charge is -2.31. The molecule has 0 radical (unpaired) electrons. The molecule has 1 atom stereocenters. The fourth-order valence-electron chi connectivity index (χ4n) is 4.42. The second-order valence-corrected chi connectivity index (χ2v) is 9.71. The number of hydrogen-bond acceptors (Lipinski definition) is 3. The minimum Gasteiger partial charge on any atom is -0.339 e. The molecule has 184 valence electrons. The van der Waals surface area contributed by atoms with Crippen LogP contribution in [0.1, 0.15) is 45.8 Å². The fraction of sp³-hybridized carbons (Fsp3) is 0.250. The van der Waals surface area contributed by atoms with E-state index in [-0.39, 0.29) is 17.7 Å². The lowest BCUT2D eigenvalue weighted by atomic mass is 9.91. The Morgan fingerprint density at radius 2 is 1.78 bits per heavy atom. The number of rotatable bonds is 5. The monoisotopic (exact) mass is 523 g/mol. The average Bonchev–Trinajstić information content (AvgIpc) is 2.88. The number of piperidine rings is 1. The van der Waals surface area contributed by atoms with Crippen LogP contribution in [0.4, 0.5) is 10.1 Å². The summed E-state index contributed by atoms with van der Waals surface area (Å²) in [6.07, 6.45) is 1.01. The summed E-state index contributed by atoms with van der Waals surface area (Å²) in [6, 6.07) is 18.5. The third kappa shape index (κ3) is 5.70. The van der Waals surface area contributed by atoms with Crippen molar-refractivity contribution in [1.82, 2.24) is 4.90 Å². The molecule has 1 aliphatic heterocycles. The molecule has 0 spiro atoms. The molecule has 36 heavy (non-hydrogen) atoms. The highest BCUT2D eigenvalue weighted by Gasteiger charge is 2.28. The number of nitrogens with zero attached hydrogens (tertiary/aromatic N) is 2. The number of aryl methyl sites for hydroxylation is 1. The van der Waals surface area contributed by atoms with Gasteiger partial charge < -0.3 is 10.2 Å². The van der Waals surface area contributed by atoms with Gasteiger partial charge in [-0.3, -0.25) is 9.59 Å². The van der Waals surface area contributed by atoms with Gasteiger partial charge in [0.05, 0.1) is 12.0 Å². The van der Waals surface area contributed by atoms with Crippen LogP contribution in [0, 0.1) is 30.0 Å². The number of carbonyl (C=O) groups excluding carboxylic acids is 2. The predicted octanol–water partition coefficient (Wildman–Crippen LogP) is 6.59. The number of amides is 2. The molecule has 3 aromatic carbocycles. The van der Waals surface area contributed by atoms with Gasteiger partial charge in [-0.05, 0) is 72.9 Å². The highest BCUT2D eigenvalue weighted by Crippen LogP contribution is 2.34. The Bertz CT molecular complexity index is 1330. The first-order chi connectivity index (χ1) is 17.3. The van der Waals surface area contributed by atoms with Gasteiger partial charge in [0.25, 0.3) is 5.91 Å². The zero-order valence-corrected chi connectivity index (χ0v) is 21.1. The van der Waals surface area contributed by atoms with Crippen LogP contribution in [-0.2, 0) is 4.79 Å². The summed E-state index contributed by atoms with van der Waals surface area (Å²) in [5, 5.41) is 13.7. The Kier molecular flexibility index (Phi) is 7.93. The van der Waals surface area contributed by atoms with Crippen LogP contribution in [0.25, 0.3) is 0 Å². The fourth-order valence-corrected chi connectivity index (χ4v) is 4.82. The van der Waals surface area contributed by atoms with Gasteiger partial charge >= 0.3 is 0 Å². The van der Waals surface area contributed by atoms with Crippen molar-refractivity contribution in [2.75, 3.05) is 18.4 Å². The van der Waals surface area contributed by atoms with E-state index in [1.165, 1.54) is 18.2 Å². The zero-order chi connectivity index (χ0) is 25.8. The van der Waals surface area contributed by atoms with E-state index < -0.39 is 11.7 Å². The van der Waals surface area contributed by atoms with Crippen molar-refractivity contribution < 1.29 is 14.0 Å². The van der Waals surface area contributed by atoms with Gasteiger partial charge in [-0.15, -0.1) is 0 Å². The number of halogens is 3. The second kappa shape index (κ2) is 11.1. The summed E-state index contributed by atoms with van der Waals surface area (Å²) in [5.74, 6) is -1.67. The highest BCUT2D eigenvalue weighted by molar-refractivity contribution is 6.32. The third-order valence-electron chi connectivity index (χ3n) is 6.47. The average molecular weight is 524 g/mol. The number of nitriles is 1. The Labute approximate surface area is 219 Å². The van der Waals surface area contributed by atoms with Crippen molar-refractivity contribution in [2.45, 2.75) is 25.7 Å². The first-order valence-corrected chi connectivity index (χ1v) is 12.3. The van der Waals surface area contributed by atoms with Crippen LogP contribution in [0.3, 0.4) is 0 Å². The van der Waals surface area contributed by atoms with Gasteiger partial charge in [0, 0.05) is 40.3 Å². The lowest BCUT2D eigenvalue weighted by Crippen LogP contribution is -2.41. The van der Waals surface area contributed by atoms with E-state index in [2.05, 4.69) is 11.4 Å². The molecule has 5 nitrogen and oxygen atoms in total. The largest absolute Gasteiger partial charge is 0.339 e. The molecule has 1 N–H and O–H groups in total. The van der Waals surface area contributed by atoms with Gasteiger partial charge in [0.2, 0.25) is 5.91 Å². The quantitative estimate of drug-likeness (QED) is 0.410. The van der Waals surface area contributed by atoms with Crippen molar-refractivity contribution in [1.29, 1.82) is 5.26 Å². The predicted molar refractivity (Wildman–Crippen MR) is 139 cm³/mol. The molecule has 0 bridgehead atoms. The Balaban J connectivity index is 1.41. The maximum atomic E-state index is 13.5. The molecule has 4 rings (SSSR count). The van der Waals surface area contributed by atoms with E-state index >= 15 is 0 Å². The number of hydrogen-bond donors (Lipinski definition) is 1. The smallest absolute Gasteiger partial charge is 0.253 e. The molecule has 1 unspecified atom stereocenters. The number of likely N-dealkylation sites (tertiary alicyclic amines) is 1. The van der Waals surface area contributed by atoms with Gasteiger partial charge in [0.1, 0.15) is 5.82 Å². The summed E-state index contributed by atoms with van der Waals surface area (Å²) in [7, 11) is 0. The molecule has 8 heteroatoms. The number of nitrogens with one attached hydrogen (secondary N) is 1. The number of anilines is 1. The second-order valence-electron chi connectivity index (χ2n) is 8.87. The van der Waals surface area contributed by atoms with Crippen molar-refractivity contribution in [2.24, 2.45) is 5.92 Å². The van der Waals surface area contributed by atoms with E-state index in [1.54, 1.807) is 41.3 Å². The molecule has 0 aliphatic carbocycles. The Hall–Kier alpha value is -3.40. The molecular weight excluding hydrogens is 500 g/mol. The van der Waals surface area contributed by atoms with E-state index in [0.717, 1.165) is 11.1 Å². The number of benzene rings is 3. The molecule has 2 amide bonds. The standard InChI is InChI=1S/C28H24Cl2FN3O2/c1-17-13-23(24(16-32)18-5-7-21(29)8-6-18)25(30)15-26(17)33-27(35)19-9-11-34(12-10-19)28(36)20-3-2-4-22(31)14-20/h2-8,13-15,19,24H,9-12H2,1H3,(H,33,35). The maximum Gasteiger partial charge on any atom is 0.253 e. The third-order valence-corrected chi connectivity index (χ3v) is 7.05. The van der Waals surface area contributed by atoms with Crippen LogP contribution in [0.5, 0.6) is 0 Å². The Morgan fingerprint density at radius 1 is 1.08 bits per heavy atom. The van der Waals surface area contributed by atoms with Crippen molar-refractivity contribution >= 4 is 40.7 Å². The molecule has 1 saturated heterocycles. The van der Waals surface area contributed by atoms with E-state index in [1.807, 2.05) is 13.0 Å². The van der Waals surface area contributed by atoms with Crippen LogP contribution in [-0.4, -0.2) is 29.8 Å². The summed E-state index contributed by atoms with van der Waals surface area (Å²) in [4.78, 5) is 27.3. The summed E-state index contributed by atoms with van der Waals surface area (Å²) < 4.78 is 13.5.